The van der Waals surface area contributed by atoms with Crippen molar-refractivity contribution in [3.63, 3.8) is 0 Å². The summed E-state index contributed by atoms with van der Waals surface area (Å²) in [6.07, 6.45) is -0.0552. The van der Waals surface area contributed by atoms with E-state index in [1.54, 1.807) is 0 Å². The second-order valence-electron chi connectivity index (χ2n) is 4.55. The van der Waals surface area contributed by atoms with Gasteiger partial charge in [-0.1, -0.05) is 11.6 Å². The summed E-state index contributed by atoms with van der Waals surface area (Å²) in [6.45, 7) is 0. The number of alkyl halides is 2. The highest BCUT2D eigenvalue weighted by Gasteiger charge is 2.42. The first kappa shape index (κ1) is 12.7. The largest absolute Gasteiger partial charge is 0.324 e. The minimum atomic E-state index is -2.65. The highest BCUT2D eigenvalue weighted by Crippen LogP contribution is 2.44. The van der Waals surface area contributed by atoms with E-state index in [1.165, 1.54) is 18.2 Å². The van der Waals surface area contributed by atoms with Crippen molar-refractivity contribution in [1.29, 1.82) is 0 Å². The van der Waals surface area contributed by atoms with Crippen LogP contribution in [0.15, 0.2) is 18.2 Å². The molecule has 0 radical (unpaired) electrons. The van der Waals surface area contributed by atoms with Crippen LogP contribution in [0.2, 0.25) is 5.02 Å². The molecule has 1 aliphatic rings. The van der Waals surface area contributed by atoms with Crippen molar-refractivity contribution in [3.05, 3.63) is 34.6 Å². The lowest BCUT2D eigenvalue weighted by Gasteiger charge is -2.20. The van der Waals surface area contributed by atoms with Crippen LogP contribution >= 0.6 is 11.6 Å². The fourth-order valence-corrected chi connectivity index (χ4v) is 2.56. The fraction of sp³-hybridized carbons (Fsp3) is 0.500. The number of hydrogen-bond acceptors (Lipinski definition) is 1. The molecule has 0 heterocycles. The summed E-state index contributed by atoms with van der Waals surface area (Å²) in [7, 11) is 0. The van der Waals surface area contributed by atoms with E-state index in [9.17, 15) is 13.2 Å². The Morgan fingerprint density at radius 1 is 1.41 bits per heavy atom. The van der Waals surface area contributed by atoms with Gasteiger partial charge in [-0.2, -0.15) is 0 Å². The maximum absolute atomic E-state index is 13.1. The lowest BCUT2D eigenvalue weighted by atomic mass is 9.92. The van der Waals surface area contributed by atoms with Crippen molar-refractivity contribution in [2.24, 2.45) is 11.7 Å². The van der Waals surface area contributed by atoms with Crippen LogP contribution < -0.4 is 5.73 Å². The van der Waals surface area contributed by atoms with Crippen LogP contribution in [0.5, 0.6) is 0 Å². The van der Waals surface area contributed by atoms with Gasteiger partial charge in [0.05, 0.1) is 0 Å². The summed E-state index contributed by atoms with van der Waals surface area (Å²) in [6, 6.07) is 3.22. The number of nitrogens with two attached hydrogens (primary N) is 1. The van der Waals surface area contributed by atoms with Crippen LogP contribution in [0.3, 0.4) is 0 Å². The average Bonchev–Trinajstić information content (AvgIpc) is 2.61. The van der Waals surface area contributed by atoms with Gasteiger partial charge < -0.3 is 5.73 Å². The zero-order valence-electron chi connectivity index (χ0n) is 9.10. The Kier molecular flexibility index (Phi) is 3.36. The van der Waals surface area contributed by atoms with Gasteiger partial charge in [0.25, 0.3) is 0 Å². The Bertz CT molecular complexity index is 422. The quantitative estimate of drug-likeness (QED) is 0.860. The molecular formula is C12H13ClF3N. The Morgan fingerprint density at radius 2 is 2.12 bits per heavy atom. The molecule has 94 valence electrons. The van der Waals surface area contributed by atoms with Crippen LogP contribution in [0.1, 0.15) is 30.9 Å². The third-order valence-corrected chi connectivity index (χ3v) is 3.61. The monoisotopic (exact) mass is 263 g/mol. The molecule has 1 fully saturated rings. The Balaban J connectivity index is 2.20. The SMILES string of the molecule is NC(c1cc(F)ccc1Cl)C1CCC(F)(F)C1. The summed E-state index contributed by atoms with van der Waals surface area (Å²) in [4.78, 5) is 0. The van der Waals surface area contributed by atoms with Crippen LogP contribution in [-0.2, 0) is 0 Å². The molecule has 0 amide bonds. The number of halogens is 4. The van der Waals surface area contributed by atoms with E-state index in [2.05, 4.69) is 0 Å². The van der Waals surface area contributed by atoms with Gasteiger partial charge >= 0.3 is 0 Å². The molecule has 2 atom stereocenters. The molecule has 0 bridgehead atoms. The Hall–Kier alpha value is -0.740. The minimum Gasteiger partial charge on any atom is -0.324 e. The van der Waals surface area contributed by atoms with Gasteiger partial charge in [-0.05, 0) is 36.1 Å². The summed E-state index contributed by atoms with van der Waals surface area (Å²) in [5, 5.41) is 0.328. The molecule has 0 spiro atoms. The first-order chi connectivity index (χ1) is 7.89. The van der Waals surface area contributed by atoms with Gasteiger partial charge in [-0.15, -0.1) is 0 Å². The zero-order valence-corrected chi connectivity index (χ0v) is 9.85. The third-order valence-electron chi connectivity index (χ3n) is 3.27. The molecular weight excluding hydrogens is 251 g/mol. The first-order valence-corrected chi connectivity index (χ1v) is 5.85. The second kappa shape index (κ2) is 4.50. The lowest BCUT2D eigenvalue weighted by Crippen LogP contribution is -2.21. The van der Waals surface area contributed by atoms with Crippen LogP contribution in [0, 0.1) is 11.7 Å². The maximum atomic E-state index is 13.1. The number of hydrogen-bond donors (Lipinski definition) is 1. The predicted octanol–water partition coefficient (Wildman–Crippen LogP) is 3.91. The smallest absolute Gasteiger partial charge is 0.248 e. The molecule has 1 aromatic carbocycles. The molecule has 2 rings (SSSR count). The van der Waals surface area contributed by atoms with E-state index >= 15 is 0 Å². The topological polar surface area (TPSA) is 26.0 Å². The third kappa shape index (κ3) is 2.75. The van der Waals surface area contributed by atoms with Gasteiger partial charge in [0.1, 0.15) is 5.82 Å². The van der Waals surface area contributed by atoms with Crippen molar-refractivity contribution in [2.75, 3.05) is 0 Å². The van der Waals surface area contributed by atoms with Crippen molar-refractivity contribution >= 4 is 11.6 Å². The standard InChI is InChI=1S/C12H13ClF3N/c13-10-2-1-8(14)5-9(10)11(17)7-3-4-12(15,16)6-7/h1-2,5,7,11H,3-4,6,17H2. The molecule has 0 saturated heterocycles. The summed E-state index contributed by atoms with van der Waals surface area (Å²) >= 11 is 5.91. The normalized spacial score (nSPS) is 24.9. The van der Waals surface area contributed by atoms with Gasteiger partial charge in [-0.25, -0.2) is 13.2 Å². The van der Waals surface area contributed by atoms with Crippen molar-refractivity contribution in [1.82, 2.24) is 0 Å². The van der Waals surface area contributed by atoms with E-state index in [4.69, 9.17) is 17.3 Å². The van der Waals surface area contributed by atoms with Gasteiger partial charge in [0.15, 0.2) is 0 Å². The Morgan fingerprint density at radius 3 is 2.71 bits per heavy atom. The van der Waals surface area contributed by atoms with Crippen molar-refractivity contribution < 1.29 is 13.2 Å². The van der Waals surface area contributed by atoms with E-state index in [-0.39, 0.29) is 18.8 Å². The average molecular weight is 264 g/mol. The van der Waals surface area contributed by atoms with E-state index < -0.39 is 17.8 Å². The lowest BCUT2D eigenvalue weighted by molar-refractivity contribution is 0.00390. The summed E-state index contributed by atoms with van der Waals surface area (Å²) in [5.74, 6) is -3.45. The number of benzene rings is 1. The molecule has 1 aromatic rings. The second-order valence-corrected chi connectivity index (χ2v) is 4.96. The number of rotatable bonds is 2. The molecule has 2 N–H and O–H groups in total. The van der Waals surface area contributed by atoms with E-state index in [0.717, 1.165) is 0 Å². The molecule has 0 aliphatic heterocycles. The van der Waals surface area contributed by atoms with Gasteiger partial charge in [0, 0.05) is 23.9 Å². The summed E-state index contributed by atoms with van der Waals surface area (Å²) < 4.78 is 39.3. The predicted molar refractivity (Wildman–Crippen MR) is 60.6 cm³/mol. The first-order valence-electron chi connectivity index (χ1n) is 5.47. The maximum Gasteiger partial charge on any atom is 0.248 e. The molecule has 2 unspecified atom stereocenters. The highest BCUT2D eigenvalue weighted by molar-refractivity contribution is 6.31. The summed E-state index contributed by atoms with van der Waals surface area (Å²) in [5.41, 5.74) is 6.32. The molecule has 17 heavy (non-hydrogen) atoms. The Labute approximate surface area is 103 Å². The van der Waals surface area contributed by atoms with Crippen LogP contribution in [0.4, 0.5) is 13.2 Å². The molecule has 0 aromatic heterocycles. The van der Waals surface area contributed by atoms with Crippen LogP contribution in [-0.4, -0.2) is 5.92 Å². The van der Waals surface area contributed by atoms with Crippen LogP contribution in [0.25, 0.3) is 0 Å². The molecule has 1 aliphatic carbocycles. The fourth-order valence-electron chi connectivity index (χ4n) is 2.31. The molecule has 1 nitrogen and oxygen atoms in total. The molecule has 5 heteroatoms. The van der Waals surface area contributed by atoms with E-state index in [1.807, 2.05) is 0 Å². The van der Waals surface area contributed by atoms with Gasteiger partial charge in [-0.3, -0.25) is 0 Å². The van der Waals surface area contributed by atoms with Crippen molar-refractivity contribution in [3.8, 4) is 0 Å². The zero-order chi connectivity index (χ0) is 12.6. The highest BCUT2D eigenvalue weighted by atomic mass is 35.5. The van der Waals surface area contributed by atoms with Crippen molar-refractivity contribution in [2.45, 2.75) is 31.2 Å². The van der Waals surface area contributed by atoms with E-state index in [0.29, 0.717) is 17.0 Å². The minimum absolute atomic E-state index is 0.154. The molecule has 1 saturated carbocycles. The van der Waals surface area contributed by atoms with Gasteiger partial charge in [0.2, 0.25) is 5.92 Å².